The van der Waals surface area contributed by atoms with Gasteiger partial charge in [-0.25, -0.2) is 0 Å². The summed E-state index contributed by atoms with van der Waals surface area (Å²) in [5.41, 5.74) is 2.07. The van der Waals surface area contributed by atoms with Crippen LogP contribution in [0.3, 0.4) is 0 Å². The average molecular weight is 317 g/mol. The highest BCUT2D eigenvalue weighted by Gasteiger charge is 2.14. The number of nitrogens with zero attached hydrogens (tertiary/aromatic N) is 2. The number of carbonyl (C=O) groups is 1. The molecule has 0 aliphatic carbocycles. The number of hydrogen-bond acceptors (Lipinski definition) is 4. The van der Waals surface area contributed by atoms with Crippen LogP contribution in [0.2, 0.25) is 0 Å². The zero-order valence-corrected chi connectivity index (χ0v) is 13.8. The number of hydrogen-bond donors (Lipinski definition) is 1. The molecule has 2 saturated heterocycles. The standard InChI is InChI=1S/C18H27N3O2/c22-18(15-20-9-3-1-2-4-10-20)19-16-5-7-17(8-6-16)21-11-13-23-14-12-21/h5-8H,1-4,9-15H2,(H,19,22). The molecule has 2 fully saturated rings. The molecule has 2 aliphatic heterocycles. The van der Waals surface area contributed by atoms with E-state index in [9.17, 15) is 4.79 Å². The summed E-state index contributed by atoms with van der Waals surface area (Å²) in [6.07, 6.45) is 5.01. The van der Waals surface area contributed by atoms with Gasteiger partial charge in [0.25, 0.3) is 0 Å². The van der Waals surface area contributed by atoms with Crippen molar-refractivity contribution in [3.63, 3.8) is 0 Å². The number of benzene rings is 1. The van der Waals surface area contributed by atoms with Crippen molar-refractivity contribution in [1.29, 1.82) is 0 Å². The third kappa shape index (κ3) is 4.94. The van der Waals surface area contributed by atoms with Crippen LogP contribution in [0.25, 0.3) is 0 Å². The Bertz CT molecular complexity index is 489. The van der Waals surface area contributed by atoms with Crippen molar-refractivity contribution in [2.45, 2.75) is 25.7 Å². The third-order valence-corrected chi connectivity index (χ3v) is 4.59. The molecule has 0 aromatic heterocycles. The molecule has 0 bridgehead atoms. The lowest BCUT2D eigenvalue weighted by Gasteiger charge is -2.29. The van der Waals surface area contributed by atoms with Gasteiger partial charge in [-0.15, -0.1) is 0 Å². The van der Waals surface area contributed by atoms with E-state index in [0.29, 0.717) is 6.54 Å². The number of ether oxygens (including phenoxy) is 1. The van der Waals surface area contributed by atoms with Crippen LogP contribution in [-0.2, 0) is 9.53 Å². The van der Waals surface area contributed by atoms with E-state index in [1.807, 2.05) is 12.1 Å². The van der Waals surface area contributed by atoms with Crippen LogP contribution < -0.4 is 10.2 Å². The van der Waals surface area contributed by atoms with Gasteiger partial charge in [-0.2, -0.15) is 0 Å². The Labute approximate surface area is 138 Å². The topological polar surface area (TPSA) is 44.8 Å². The van der Waals surface area contributed by atoms with Gasteiger partial charge in [-0.05, 0) is 50.2 Å². The van der Waals surface area contributed by atoms with Gasteiger partial charge in [0.05, 0.1) is 19.8 Å². The fourth-order valence-electron chi connectivity index (χ4n) is 3.28. The fourth-order valence-corrected chi connectivity index (χ4v) is 3.28. The predicted molar refractivity (Wildman–Crippen MR) is 93.0 cm³/mol. The van der Waals surface area contributed by atoms with Gasteiger partial charge in [0.15, 0.2) is 0 Å². The minimum Gasteiger partial charge on any atom is -0.378 e. The molecule has 0 unspecified atom stereocenters. The molecule has 2 heterocycles. The van der Waals surface area contributed by atoms with E-state index in [-0.39, 0.29) is 5.91 Å². The predicted octanol–water partition coefficient (Wildman–Crippen LogP) is 2.34. The molecule has 0 spiro atoms. The number of likely N-dealkylation sites (tertiary alicyclic amines) is 1. The molecule has 3 rings (SSSR count). The Morgan fingerprint density at radius 1 is 0.957 bits per heavy atom. The Morgan fingerprint density at radius 2 is 1.61 bits per heavy atom. The normalized spacial score (nSPS) is 20.1. The summed E-state index contributed by atoms with van der Waals surface area (Å²) in [6.45, 7) is 6.03. The molecule has 1 amide bonds. The Balaban J connectivity index is 1.49. The van der Waals surface area contributed by atoms with Gasteiger partial charge in [0, 0.05) is 24.5 Å². The summed E-state index contributed by atoms with van der Waals surface area (Å²) in [5.74, 6) is 0.0889. The summed E-state index contributed by atoms with van der Waals surface area (Å²) < 4.78 is 5.38. The van der Waals surface area contributed by atoms with Crippen LogP contribution in [0.5, 0.6) is 0 Å². The molecule has 0 atom stereocenters. The van der Waals surface area contributed by atoms with Gasteiger partial charge < -0.3 is 15.0 Å². The molecular weight excluding hydrogens is 290 g/mol. The van der Waals surface area contributed by atoms with Crippen molar-refractivity contribution >= 4 is 17.3 Å². The maximum Gasteiger partial charge on any atom is 0.238 e. The molecule has 0 radical (unpaired) electrons. The van der Waals surface area contributed by atoms with Gasteiger partial charge in [0.1, 0.15) is 0 Å². The zero-order valence-electron chi connectivity index (χ0n) is 13.8. The molecule has 0 saturated carbocycles. The van der Waals surface area contributed by atoms with Crippen LogP contribution in [-0.4, -0.2) is 56.7 Å². The third-order valence-electron chi connectivity index (χ3n) is 4.59. The van der Waals surface area contributed by atoms with Gasteiger partial charge in [-0.3, -0.25) is 9.69 Å². The summed E-state index contributed by atoms with van der Waals surface area (Å²) in [5, 5.41) is 3.02. The first-order chi connectivity index (χ1) is 11.3. The molecule has 126 valence electrons. The first-order valence-electron chi connectivity index (χ1n) is 8.76. The number of carbonyl (C=O) groups excluding carboxylic acids is 1. The lowest BCUT2D eigenvalue weighted by molar-refractivity contribution is -0.117. The Kier molecular flexibility index (Phi) is 5.88. The van der Waals surface area contributed by atoms with Crippen LogP contribution in [0.1, 0.15) is 25.7 Å². The first kappa shape index (κ1) is 16.3. The van der Waals surface area contributed by atoms with Gasteiger partial charge in [-0.1, -0.05) is 12.8 Å². The average Bonchev–Trinajstić information content (AvgIpc) is 2.85. The van der Waals surface area contributed by atoms with E-state index in [2.05, 4.69) is 27.2 Å². The van der Waals surface area contributed by atoms with Crippen molar-refractivity contribution in [2.75, 3.05) is 56.2 Å². The molecular formula is C18H27N3O2. The summed E-state index contributed by atoms with van der Waals surface area (Å²) in [4.78, 5) is 16.8. The number of morpholine rings is 1. The van der Waals surface area contributed by atoms with Crippen LogP contribution >= 0.6 is 0 Å². The van der Waals surface area contributed by atoms with Crippen molar-refractivity contribution in [3.8, 4) is 0 Å². The van der Waals surface area contributed by atoms with Crippen LogP contribution in [0.4, 0.5) is 11.4 Å². The van der Waals surface area contributed by atoms with Crippen molar-refractivity contribution in [1.82, 2.24) is 4.90 Å². The Morgan fingerprint density at radius 3 is 2.26 bits per heavy atom. The van der Waals surface area contributed by atoms with E-state index in [1.165, 1.54) is 31.4 Å². The lowest BCUT2D eigenvalue weighted by Crippen LogP contribution is -2.36. The number of rotatable bonds is 4. The first-order valence-corrected chi connectivity index (χ1v) is 8.76. The highest BCUT2D eigenvalue weighted by atomic mass is 16.5. The number of amides is 1. The molecule has 1 aromatic carbocycles. The second-order valence-corrected chi connectivity index (χ2v) is 6.38. The molecule has 1 N–H and O–H groups in total. The van der Waals surface area contributed by atoms with Gasteiger partial charge >= 0.3 is 0 Å². The number of anilines is 2. The minimum absolute atomic E-state index is 0.0889. The minimum atomic E-state index is 0.0889. The van der Waals surface area contributed by atoms with E-state index in [1.54, 1.807) is 0 Å². The summed E-state index contributed by atoms with van der Waals surface area (Å²) in [6, 6.07) is 8.13. The smallest absolute Gasteiger partial charge is 0.238 e. The SMILES string of the molecule is O=C(CN1CCCCCC1)Nc1ccc(N2CCOCC2)cc1. The van der Waals surface area contributed by atoms with Crippen molar-refractivity contribution in [3.05, 3.63) is 24.3 Å². The van der Waals surface area contributed by atoms with E-state index in [0.717, 1.165) is 45.1 Å². The molecule has 2 aliphatic rings. The van der Waals surface area contributed by atoms with E-state index >= 15 is 0 Å². The van der Waals surface area contributed by atoms with Crippen molar-refractivity contribution in [2.24, 2.45) is 0 Å². The van der Waals surface area contributed by atoms with E-state index in [4.69, 9.17) is 4.74 Å². The maximum atomic E-state index is 12.2. The Hall–Kier alpha value is -1.59. The number of nitrogens with one attached hydrogen (secondary N) is 1. The largest absolute Gasteiger partial charge is 0.378 e. The quantitative estimate of drug-likeness (QED) is 0.926. The molecule has 5 nitrogen and oxygen atoms in total. The van der Waals surface area contributed by atoms with E-state index < -0.39 is 0 Å². The molecule has 23 heavy (non-hydrogen) atoms. The highest BCUT2D eigenvalue weighted by Crippen LogP contribution is 2.19. The van der Waals surface area contributed by atoms with Crippen molar-refractivity contribution < 1.29 is 9.53 Å². The van der Waals surface area contributed by atoms with Crippen LogP contribution in [0.15, 0.2) is 24.3 Å². The second kappa shape index (κ2) is 8.31. The summed E-state index contributed by atoms with van der Waals surface area (Å²) in [7, 11) is 0. The van der Waals surface area contributed by atoms with Gasteiger partial charge in [0.2, 0.25) is 5.91 Å². The summed E-state index contributed by atoms with van der Waals surface area (Å²) >= 11 is 0. The van der Waals surface area contributed by atoms with Crippen LogP contribution in [0, 0.1) is 0 Å². The molecule has 1 aromatic rings. The fraction of sp³-hybridized carbons (Fsp3) is 0.611. The monoisotopic (exact) mass is 317 g/mol. The highest BCUT2D eigenvalue weighted by molar-refractivity contribution is 5.92. The second-order valence-electron chi connectivity index (χ2n) is 6.38. The molecule has 5 heteroatoms. The maximum absolute atomic E-state index is 12.2. The zero-order chi connectivity index (χ0) is 15.9. The lowest BCUT2D eigenvalue weighted by atomic mass is 10.2.